The molecule has 7 N–H and O–H groups in total. The lowest BCUT2D eigenvalue weighted by molar-refractivity contribution is -0.277. The number of hydrogen-bond acceptors (Lipinski definition) is 10. The van der Waals surface area contributed by atoms with Gasteiger partial charge < -0.3 is 45.2 Å². The largest absolute Gasteiger partial charge is 0.508 e. The lowest BCUT2D eigenvalue weighted by Gasteiger charge is -2.39. The number of Topliss-reactive ketones (excluding diaryl/α,β-unsaturated/α-hetero) is 1. The Morgan fingerprint density at radius 3 is 2.29 bits per heavy atom. The van der Waals surface area contributed by atoms with Gasteiger partial charge in [0.05, 0.1) is 18.3 Å². The number of phenolic OH excluding ortho intramolecular Hbond substituents is 2. The van der Waals surface area contributed by atoms with Crippen LogP contribution in [0.25, 0.3) is 0 Å². The number of rotatable bonds is 7. The highest BCUT2D eigenvalue weighted by Gasteiger charge is 2.44. The minimum atomic E-state index is -1.57. The Balaban J connectivity index is 1.63. The molecular weight excluding hydrogens is 412 g/mol. The minimum Gasteiger partial charge on any atom is -0.508 e. The molecule has 31 heavy (non-hydrogen) atoms. The average Bonchev–Trinajstić information content (AvgIpc) is 2.74. The van der Waals surface area contributed by atoms with Gasteiger partial charge in [-0.25, -0.2) is 0 Å². The number of benzene rings is 2. The number of carbonyl (C=O) groups is 1. The number of ether oxygens (including phenoxy) is 2. The van der Waals surface area contributed by atoms with Crippen molar-refractivity contribution in [3.63, 3.8) is 0 Å². The van der Waals surface area contributed by atoms with Gasteiger partial charge in [-0.1, -0.05) is 12.1 Å². The third kappa shape index (κ3) is 5.13. The summed E-state index contributed by atoms with van der Waals surface area (Å²) in [6.07, 6.45) is -8.56. The number of carbonyl (C=O) groups excluding carboxylic acids is 1. The molecule has 1 unspecified atom stereocenters. The molecule has 0 amide bonds. The fourth-order valence-electron chi connectivity index (χ4n) is 3.23. The zero-order chi connectivity index (χ0) is 22.7. The van der Waals surface area contributed by atoms with Gasteiger partial charge in [-0.3, -0.25) is 4.79 Å². The molecule has 1 heterocycles. The molecule has 0 radical (unpaired) electrons. The van der Waals surface area contributed by atoms with Crippen molar-refractivity contribution in [1.82, 2.24) is 0 Å². The van der Waals surface area contributed by atoms with Crippen LogP contribution in [0.1, 0.15) is 28.4 Å². The van der Waals surface area contributed by atoms with Crippen LogP contribution >= 0.6 is 0 Å². The smallest absolute Gasteiger partial charge is 0.229 e. The Hall–Kier alpha value is -2.73. The summed E-state index contributed by atoms with van der Waals surface area (Å²) in [6, 6.07) is 9.40. The van der Waals surface area contributed by atoms with Crippen molar-refractivity contribution in [3.05, 3.63) is 53.6 Å². The van der Waals surface area contributed by atoms with Gasteiger partial charge >= 0.3 is 0 Å². The molecule has 0 saturated carbocycles. The SMILES string of the molecule is O=C(CC(O)c1ccc(O[C@@H]2O[C@H](CO)[C@@H](O)[C@H](O)[C@H]2O)cc1)c1ccc(O)cc1O. The van der Waals surface area contributed by atoms with Crippen LogP contribution in [0.3, 0.4) is 0 Å². The second-order valence-electron chi connectivity index (χ2n) is 7.23. The molecule has 10 heteroatoms. The van der Waals surface area contributed by atoms with Crippen molar-refractivity contribution in [1.29, 1.82) is 0 Å². The van der Waals surface area contributed by atoms with Crippen LogP contribution in [-0.4, -0.2) is 78.8 Å². The zero-order valence-electron chi connectivity index (χ0n) is 16.3. The highest BCUT2D eigenvalue weighted by molar-refractivity contribution is 5.99. The van der Waals surface area contributed by atoms with Crippen LogP contribution in [-0.2, 0) is 4.74 Å². The summed E-state index contributed by atoms with van der Waals surface area (Å²) in [5.41, 5.74) is 0.354. The maximum absolute atomic E-state index is 12.3. The fourth-order valence-corrected chi connectivity index (χ4v) is 3.23. The van der Waals surface area contributed by atoms with Gasteiger partial charge in [0.25, 0.3) is 0 Å². The van der Waals surface area contributed by atoms with Crippen molar-refractivity contribution in [2.75, 3.05) is 6.61 Å². The molecule has 1 aliphatic rings. The van der Waals surface area contributed by atoms with Crippen molar-refractivity contribution in [2.45, 2.75) is 43.2 Å². The molecule has 6 atom stereocenters. The van der Waals surface area contributed by atoms with E-state index in [0.29, 0.717) is 5.56 Å². The standard InChI is InChI=1S/C21H24O10/c22-9-17-18(27)19(28)20(29)21(31-17)30-12-4-1-10(2-5-12)14(24)8-16(26)13-6-3-11(23)7-15(13)25/h1-7,14,17-25,27-29H,8-9H2/t14?,17-,18-,19+,20-,21-/m1/s1. The maximum Gasteiger partial charge on any atom is 0.229 e. The van der Waals surface area contributed by atoms with Crippen LogP contribution in [0, 0.1) is 0 Å². The average molecular weight is 436 g/mol. The third-order valence-electron chi connectivity index (χ3n) is 5.03. The Morgan fingerprint density at radius 2 is 1.68 bits per heavy atom. The molecule has 2 aromatic carbocycles. The molecule has 3 rings (SSSR count). The summed E-state index contributed by atoms with van der Waals surface area (Å²) in [6.45, 7) is -0.583. The van der Waals surface area contributed by atoms with Gasteiger partial charge in [0, 0.05) is 12.5 Å². The minimum absolute atomic E-state index is 0.0283. The number of hydrogen-bond donors (Lipinski definition) is 7. The monoisotopic (exact) mass is 436 g/mol. The van der Waals surface area contributed by atoms with Crippen LogP contribution < -0.4 is 4.74 Å². The first-order valence-electron chi connectivity index (χ1n) is 9.51. The van der Waals surface area contributed by atoms with Crippen LogP contribution in [0.5, 0.6) is 17.2 Å². The number of aliphatic hydroxyl groups excluding tert-OH is 5. The molecule has 0 spiro atoms. The predicted molar refractivity (Wildman–Crippen MR) is 105 cm³/mol. The van der Waals surface area contributed by atoms with E-state index < -0.39 is 49.2 Å². The van der Waals surface area contributed by atoms with Gasteiger partial charge in [-0.15, -0.1) is 0 Å². The first-order valence-corrected chi connectivity index (χ1v) is 9.51. The number of aliphatic hydroxyl groups is 5. The van der Waals surface area contributed by atoms with E-state index in [1.165, 1.54) is 36.4 Å². The normalized spacial score (nSPS) is 26.9. The molecular formula is C21H24O10. The van der Waals surface area contributed by atoms with Gasteiger partial charge in [0.15, 0.2) is 5.78 Å². The van der Waals surface area contributed by atoms with Crippen molar-refractivity contribution in [2.24, 2.45) is 0 Å². The maximum atomic E-state index is 12.3. The quantitative estimate of drug-likeness (QED) is 0.282. The first-order chi connectivity index (χ1) is 14.7. The van der Waals surface area contributed by atoms with Gasteiger partial charge in [0.1, 0.15) is 41.7 Å². The van der Waals surface area contributed by atoms with Crippen LogP contribution in [0.2, 0.25) is 0 Å². The second kappa shape index (κ2) is 9.60. The Labute approximate surface area is 177 Å². The van der Waals surface area contributed by atoms with E-state index in [0.717, 1.165) is 6.07 Å². The van der Waals surface area contributed by atoms with Crippen LogP contribution in [0.15, 0.2) is 42.5 Å². The van der Waals surface area contributed by atoms with E-state index in [4.69, 9.17) is 9.47 Å². The lowest BCUT2D eigenvalue weighted by Crippen LogP contribution is -2.60. The molecule has 168 valence electrons. The first kappa shape index (κ1) is 22.9. The second-order valence-corrected chi connectivity index (χ2v) is 7.23. The topological polar surface area (TPSA) is 177 Å². The third-order valence-corrected chi connectivity index (χ3v) is 5.03. The summed E-state index contributed by atoms with van der Waals surface area (Å²) >= 11 is 0. The van der Waals surface area contributed by atoms with Crippen LogP contribution in [0.4, 0.5) is 0 Å². The van der Waals surface area contributed by atoms with Gasteiger partial charge in [-0.05, 0) is 29.8 Å². The molecule has 1 aliphatic heterocycles. The van der Waals surface area contributed by atoms with Crippen molar-refractivity contribution < 1.29 is 50.0 Å². The Morgan fingerprint density at radius 1 is 1.00 bits per heavy atom. The molecule has 1 saturated heterocycles. The summed E-state index contributed by atoms with van der Waals surface area (Å²) in [5, 5.41) is 68.2. The summed E-state index contributed by atoms with van der Waals surface area (Å²) in [7, 11) is 0. The van der Waals surface area contributed by atoms with Crippen molar-refractivity contribution >= 4 is 5.78 Å². The number of ketones is 1. The predicted octanol–water partition coefficient (Wildman–Crippen LogP) is -0.417. The summed E-state index contributed by atoms with van der Waals surface area (Å²) in [4.78, 5) is 12.3. The van der Waals surface area contributed by atoms with E-state index in [1.54, 1.807) is 0 Å². The van der Waals surface area contributed by atoms with E-state index >= 15 is 0 Å². The highest BCUT2D eigenvalue weighted by atomic mass is 16.7. The molecule has 1 fully saturated rings. The molecule has 2 aromatic rings. The Bertz CT molecular complexity index is 898. The molecule has 0 aromatic heterocycles. The number of phenols is 2. The highest BCUT2D eigenvalue weighted by Crippen LogP contribution is 2.28. The van der Waals surface area contributed by atoms with E-state index in [1.807, 2.05) is 0 Å². The van der Waals surface area contributed by atoms with E-state index in [9.17, 15) is 40.5 Å². The lowest BCUT2D eigenvalue weighted by atomic mass is 9.99. The van der Waals surface area contributed by atoms with E-state index in [2.05, 4.69) is 0 Å². The summed E-state index contributed by atoms with van der Waals surface area (Å²) in [5.74, 6) is -0.889. The Kier molecular flexibility index (Phi) is 7.11. The zero-order valence-corrected chi connectivity index (χ0v) is 16.3. The molecule has 0 aliphatic carbocycles. The van der Waals surface area contributed by atoms with Gasteiger partial charge in [-0.2, -0.15) is 0 Å². The number of aromatic hydroxyl groups is 2. The van der Waals surface area contributed by atoms with Gasteiger partial charge in [0.2, 0.25) is 6.29 Å². The summed E-state index contributed by atoms with van der Waals surface area (Å²) < 4.78 is 10.7. The van der Waals surface area contributed by atoms with E-state index in [-0.39, 0.29) is 29.2 Å². The molecule has 10 nitrogen and oxygen atoms in total. The fraction of sp³-hybridized carbons (Fsp3) is 0.381. The molecule has 0 bridgehead atoms. The van der Waals surface area contributed by atoms with Crippen molar-refractivity contribution in [3.8, 4) is 17.2 Å².